The summed E-state index contributed by atoms with van der Waals surface area (Å²) in [6.07, 6.45) is 0.490. The van der Waals surface area contributed by atoms with E-state index in [1.54, 1.807) is 6.92 Å². The van der Waals surface area contributed by atoms with E-state index in [4.69, 9.17) is 14.2 Å². The molecule has 4 aliphatic heterocycles. The van der Waals surface area contributed by atoms with E-state index < -0.39 is 41.1 Å². The fourth-order valence-electron chi connectivity index (χ4n) is 6.80. The number of rotatable bonds is 9. The number of hydrogen-bond acceptors (Lipinski definition) is 8. The zero-order chi connectivity index (χ0) is 25.5. The third kappa shape index (κ3) is 4.16. The van der Waals surface area contributed by atoms with Crippen LogP contribution in [0.1, 0.15) is 41.0 Å². The van der Waals surface area contributed by atoms with Crippen LogP contribution in [0.25, 0.3) is 0 Å². The molecule has 2 N–H and O–H groups in total. The van der Waals surface area contributed by atoms with Crippen LogP contribution in [0.15, 0.2) is 0 Å². The second-order valence-electron chi connectivity index (χ2n) is 10.9. The molecule has 3 unspecified atom stereocenters. The fourth-order valence-corrected chi connectivity index (χ4v) is 6.80. The molecule has 0 aromatic rings. The van der Waals surface area contributed by atoms with E-state index in [0.29, 0.717) is 32.7 Å². The molecule has 2 bridgehead atoms. The summed E-state index contributed by atoms with van der Waals surface area (Å²) in [5.74, 6) is -2.80. The molecule has 0 aliphatic carbocycles. The topological polar surface area (TPSA) is 118 Å². The van der Waals surface area contributed by atoms with E-state index in [2.05, 4.69) is 10.2 Å². The maximum absolute atomic E-state index is 14.0. The van der Waals surface area contributed by atoms with Crippen molar-refractivity contribution < 1.29 is 33.7 Å². The van der Waals surface area contributed by atoms with Gasteiger partial charge in [-0.2, -0.15) is 0 Å². The van der Waals surface area contributed by atoms with E-state index in [9.17, 15) is 19.5 Å². The van der Waals surface area contributed by atoms with Crippen LogP contribution in [0.4, 0.5) is 0 Å². The maximum Gasteiger partial charge on any atom is 0.312 e. The van der Waals surface area contributed by atoms with Crippen molar-refractivity contribution in [2.24, 2.45) is 23.7 Å². The Bertz CT molecular complexity index is 832. The average Bonchev–Trinajstić information content (AvgIpc) is 3.32. The minimum atomic E-state index is -1.13. The van der Waals surface area contributed by atoms with E-state index in [0.717, 1.165) is 13.1 Å². The highest BCUT2D eigenvalue weighted by Crippen LogP contribution is 2.65. The van der Waals surface area contributed by atoms with E-state index in [-0.39, 0.29) is 36.9 Å². The summed E-state index contributed by atoms with van der Waals surface area (Å²) in [7, 11) is 0. The summed E-state index contributed by atoms with van der Waals surface area (Å²) in [5, 5.41) is 13.3. The lowest BCUT2D eigenvalue weighted by atomic mass is 9.62. The van der Waals surface area contributed by atoms with Gasteiger partial charge in [-0.25, -0.2) is 0 Å². The number of esters is 1. The summed E-state index contributed by atoms with van der Waals surface area (Å²) in [6, 6.07) is -1.49. The van der Waals surface area contributed by atoms with Gasteiger partial charge in [0.1, 0.15) is 17.6 Å². The fraction of sp³-hybridized carbons (Fsp3) is 0.880. The Hall–Kier alpha value is -1.75. The van der Waals surface area contributed by atoms with Crippen molar-refractivity contribution in [3.8, 4) is 0 Å². The molecular weight excluding hydrogens is 454 g/mol. The molecule has 0 aromatic carbocycles. The normalized spacial score (nSPS) is 37.6. The number of fused-ring (bicyclic) bond motifs is 1. The second kappa shape index (κ2) is 9.95. The van der Waals surface area contributed by atoms with Gasteiger partial charge in [0, 0.05) is 26.2 Å². The van der Waals surface area contributed by atoms with Crippen molar-refractivity contribution >= 4 is 17.8 Å². The van der Waals surface area contributed by atoms with Crippen LogP contribution in [0, 0.1) is 23.7 Å². The molecule has 7 atom stereocenters. The number of carbonyl (C=O) groups excluding carboxylic acids is 3. The smallest absolute Gasteiger partial charge is 0.312 e. The lowest BCUT2D eigenvalue weighted by Gasteiger charge is -2.38. The van der Waals surface area contributed by atoms with Crippen LogP contribution in [-0.4, -0.2) is 109 Å². The summed E-state index contributed by atoms with van der Waals surface area (Å²) in [6.45, 7) is 13.5. The molecule has 0 saturated carbocycles. The highest BCUT2D eigenvalue weighted by Gasteiger charge is 2.80. The Balaban J connectivity index is 1.66. The van der Waals surface area contributed by atoms with Crippen molar-refractivity contribution in [1.82, 2.24) is 15.1 Å². The molecule has 0 aromatic heterocycles. The number of aliphatic hydroxyl groups excluding tert-OH is 1. The standard InChI is InChI=1S/C25H41N3O7/c1-6-34-23(32)19-18-22(31)28(17(14-29)15(2)3)20(25(18)13-16(4)24(19,5)35-25)21(30)26-7-8-27-9-11-33-12-10-27/h15-20,29H,6-14H2,1-5H3,(H,26,30)/t16?,17-,18-,19+,20?,24-,25?/m0/s1. The zero-order valence-electron chi connectivity index (χ0n) is 21.6. The third-order valence-corrected chi connectivity index (χ3v) is 8.69. The average molecular weight is 496 g/mol. The van der Waals surface area contributed by atoms with Gasteiger partial charge in [-0.3, -0.25) is 19.3 Å². The van der Waals surface area contributed by atoms with Gasteiger partial charge in [0.25, 0.3) is 0 Å². The first-order valence-corrected chi connectivity index (χ1v) is 13.0. The predicted octanol–water partition coefficient (Wildman–Crippen LogP) is 0.0255. The van der Waals surface area contributed by atoms with Gasteiger partial charge in [-0.1, -0.05) is 20.8 Å². The van der Waals surface area contributed by atoms with Crippen LogP contribution >= 0.6 is 0 Å². The number of nitrogens with zero attached hydrogens (tertiary/aromatic N) is 2. The van der Waals surface area contributed by atoms with Crippen molar-refractivity contribution in [2.45, 2.75) is 64.3 Å². The van der Waals surface area contributed by atoms with Gasteiger partial charge in [-0.15, -0.1) is 0 Å². The van der Waals surface area contributed by atoms with E-state index >= 15 is 0 Å². The van der Waals surface area contributed by atoms with Crippen molar-refractivity contribution in [2.75, 3.05) is 52.6 Å². The van der Waals surface area contributed by atoms with Crippen LogP contribution in [-0.2, 0) is 28.6 Å². The van der Waals surface area contributed by atoms with Crippen LogP contribution in [0.5, 0.6) is 0 Å². The Kier molecular flexibility index (Phi) is 7.48. The van der Waals surface area contributed by atoms with Gasteiger partial charge in [-0.05, 0) is 32.1 Å². The molecule has 0 radical (unpaired) electrons. The molecule has 198 valence electrons. The lowest BCUT2D eigenvalue weighted by molar-refractivity contribution is -0.162. The van der Waals surface area contributed by atoms with Crippen molar-refractivity contribution in [3.63, 3.8) is 0 Å². The summed E-state index contributed by atoms with van der Waals surface area (Å²) < 4.78 is 17.4. The first-order valence-electron chi connectivity index (χ1n) is 13.0. The van der Waals surface area contributed by atoms with Crippen molar-refractivity contribution in [1.29, 1.82) is 0 Å². The second-order valence-corrected chi connectivity index (χ2v) is 10.9. The number of nitrogens with one attached hydrogen (secondary N) is 1. The summed E-state index contributed by atoms with van der Waals surface area (Å²) in [5.41, 5.74) is -2.02. The molecule has 2 amide bonds. The minimum Gasteiger partial charge on any atom is -0.466 e. The Morgan fingerprint density at radius 3 is 2.57 bits per heavy atom. The molecule has 4 saturated heterocycles. The Morgan fingerprint density at radius 2 is 1.97 bits per heavy atom. The number of carbonyl (C=O) groups is 3. The molecule has 10 nitrogen and oxygen atoms in total. The number of likely N-dealkylation sites (tertiary alicyclic amines) is 1. The first kappa shape index (κ1) is 26.3. The number of hydrogen-bond donors (Lipinski definition) is 2. The summed E-state index contributed by atoms with van der Waals surface area (Å²) >= 11 is 0. The highest BCUT2D eigenvalue weighted by molar-refractivity contribution is 5.98. The Morgan fingerprint density at radius 1 is 1.29 bits per heavy atom. The summed E-state index contributed by atoms with van der Waals surface area (Å²) in [4.78, 5) is 44.7. The van der Waals surface area contributed by atoms with Gasteiger partial charge in [0.05, 0.1) is 44.0 Å². The molecule has 4 aliphatic rings. The molecule has 35 heavy (non-hydrogen) atoms. The minimum absolute atomic E-state index is 0.0452. The van der Waals surface area contributed by atoms with Gasteiger partial charge < -0.3 is 29.5 Å². The third-order valence-electron chi connectivity index (χ3n) is 8.69. The largest absolute Gasteiger partial charge is 0.466 e. The van der Waals surface area contributed by atoms with Crippen LogP contribution < -0.4 is 5.32 Å². The van der Waals surface area contributed by atoms with Crippen LogP contribution in [0.3, 0.4) is 0 Å². The molecular formula is C25H41N3O7. The quantitative estimate of drug-likeness (QED) is 0.430. The maximum atomic E-state index is 14.0. The zero-order valence-corrected chi connectivity index (χ0v) is 21.6. The number of ether oxygens (including phenoxy) is 3. The van der Waals surface area contributed by atoms with Crippen LogP contribution in [0.2, 0.25) is 0 Å². The SMILES string of the molecule is CCOC(=O)[C@H]1[C@H]2C(=O)N([C@@H](CO)C(C)C)C(C(=O)NCCN3CCOCC3)C23CC(C)[C@]1(C)O3. The van der Waals surface area contributed by atoms with E-state index in [1.165, 1.54) is 4.90 Å². The first-order chi connectivity index (χ1) is 16.6. The van der Waals surface area contributed by atoms with Crippen molar-refractivity contribution in [3.05, 3.63) is 0 Å². The number of morpholine rings is 1. The van der Waals surface area contributed by atoms with E-state index in [1.807, 2.05) is 27.7 Å². The molecule has 1 spiro atoms. The number of aliphatic hydroxyl groups is 1. The predicted molar refractivity (Wildman–Crippen MR) is 126 cm³/mol. The molecule has 4 rings (SSSR count). The monoisotopic (exact) mass is 495 g/mol. The molecule has 4 heterocycles. The van der Waals surface area contributed by atoms with Gasteiger partial charge >= 0.3 is 5.97 Å². The Labute approximate surface area is 207 Å². The number of amides is 2. The molecule has 4 fully saturated rings. The lowest BCUT2D eigenvalue weighted by Crippen LogP contribution is -2.59. The highest BCUT2D eigenvalue weighted by atomic mass is 16.6. The van der Waals surface area contributed by atoms with Gasteiger partial charge in [0.2, 0.25) is 11.8 Å². The molecule has 10 heteroatoms. The van der Waals surface area contributed by atoms with Gasteiger partial charge in [0.15, 0.2) is 0 Å².